The summed E-state index contributed by atoms with van der Waals surface area (Å²) in [6.45, 7) is 6.26. The highest BCUT2D eigenvalue weighted by Crippen LogP contribution is 2.20. The smallest absolute Gasteiger partial charge is 0.105 e. The molecule has 0 spiro atoms. The van der Waals surface area contributed by atoms with Gasteiger partial charge in [0.25, 0.3) is 0 Å². The van der Waals surface area contributed by atoms with Crippen LogP contribution in [0.25, 0.3) is 0 Å². The SMILES string of the molecule is CCC(C)n1ccc(CC(N)c2ccoc2C)n1. The summed E-state index contributed by atoms with van der Waals surface area (Å²) in [6, 6.07) is 4.36. The van der Waals surface area contributed by atoms with Crippen LogP contribution in [0.3, 0.4) is 0 Å². The second-order valence-corrected chi connectivity index (χ2v) is 4.79. The van der Waals surface area contributed by atoms with E-state index in [1.54, 1.807) is 6.26 Å². The Bertz CT molecular complexity index is 501. The van der Waals surface area contributed by atoms with E-state index in [2.05, 4.69) is 18.9 Å². The van der Waals surface area contributed by atoms with Gasteiger partial charge in [-0.3, -0.25) is 4.68 Å². The zero-order valence-corrected chi connectivity index (χ0v) is 11.3. The second-order valence-electron chi connectivity index (χ2n) is 4.79. The molecular weight excluding hydrogens is 226 g/mol. The van der Waals surface area contributed by atoms with Gasteiger partial charge in [0.05, 0.1) is 12.0 Å². The molecule has 2 heterocycles. The van der Waals surface area contributed by atoms with Crippen molar-refractivity contribution in [3.05, 3.63) is 41.6 Å². The quantitative estimate of drug-likeness (QED) is 0.883. The lowest BCUT2D eigenvalue weighted by Gasteiger charge is -2.10. The highest BCUT2D eigenvalue weighted by molar-refractivity contribution is 5.21. The van der Waals surface area contributed by atoms with E-state index in [-0.39, 0.29) is 6.04 Å². The standard InChI is InChI=1S/C14H21N3O/c1-4-10(2)17-7-5-12(16-17)9-14(15)13-6-8-18-11(13)3/h5-8,10,14H,4,9,15H2,1-3H3. The maximum atomic E-state index is 6.18. The average molecular weight is 247 g/mol. The van der Waals surface area contributed by atoms with Crippen molar-refractivity contribution in [2.75, 3.05) is 0 Å². The summed E-state index contributed by atoms with van der Waals surface area (Å²) in [4.78, 5) is 0. The number of aromatic nitrogens is 2. The third-order valence-electron chi connectivity index (χ3n) is 3.43. The van der Waals surface area contributed by atoms with E-state index < -0.39 is 0 Å². The third kappa shape index (κ3) is 2.64. The summed E-state index contributed by atoms with van der Waals surface area (Å²) >= 11 is 0. The zero-order chi connectivity index (χ0) is 13.1. The molecule has 0 saturated carbocycles. The second kappa shape index (κ2) is 5.40. The van der Waals surface area contributed by atoms with E-state index in [0.717, 1.165) is 29.9 Å². The minimum Gasteiger partial charge on any atom is -0.469 e. The molecule has 0 radical (unpaired) electrons. The molecule has 0 amide bonds. The number of hydrogen-bond donors (Lipinski definition) is 1. The molecule has 0 fully saturated rings. The molecule has 18 heavy (non-hydrogen) atoms. The Balaban J connectivity index is 2.06. The van der Waals surface area contributed by atoms with Gasteiger partial charge >= 0.3 is 0 Å². The fourth-order valence-electron chi connectivity index (χ4n) is 2.03. The van der Waals surface area contributed by atoms with Crippen LogP contribution >= 0.6 is 0 Å². The van der Waals surface area contributed by atoms with Crippen LogP contribution in [0.5, 0.6) is 0 Å². The summed E-state index contributed by atoms with van der Waals surface area (Å²) in [5.74, 6) is 0.892. The first-order valence-electron chi connectivity index (χ1n) is 6.45. The minimum absolute atomic E-state index is 0.0518. The van der Waals surface area contributed by atoms with Crippen molar-refractivity contribution in [1.29, 1.82) is 0 Å². The van der Waals surface area contributed by atoms with Crippen LogP contribution in [-0.2, 0) is 6.42 Å². The largest absolute Gasteiger partial charge is 0.469 e. The number of rotatable bonds is 5. The van der Waals surface area contributed by atoms with Crippen molar-refractivity contribution in [1.82, 2.24) is 9.78 Å². The van der Waals surface area contributed by atoms with E-state index >= 15 is 0 Å². The van der Waals surface area contributed by atoms with Crippen molar-refractivity contribution in [2.45, 2.75) is 45.7 Å². The van der Waals surface area contributed by atoms with E-state index in [4.69, 9.17) is 10.2 Å². The Hall–Kier alpha value is -1.55. The molecule has 2 aromatic heterocycles. The normalized spacial score (nSPS) is 14.7. The van der Waals surface area contributed by atoms with Gasteiger partial charge in [0.1, 0.15) is 5.76 Å². The van der Waals surface area contributed by atoms with Crippen molar-refractivity contribution in [2.24, 2.45) is 5.73 Å². The molecular formula is C14H21N3O. The maximum Gasteiger partial charge on any atom is 0.105 e. The van der Waals surface area contributed by atoms with Crippen molar-refractivity contribution >= 4 is 0 Å². The van der Waals surface area contributed by atoms with Crippen molar-refractivity contribution in [3.8, 4) is 0 Å². The molecule has 4 nitrogen and oxygen atoms in total. The number of aryl methyl sites for hydroxylation is 1. The van der Waals surface area contributed by atoms with Gasteiger partial charge in [-0.05, 0) is 32.4 Å². The molecule has 2 aromatic rings. The monoisotopic (exact) mass is 247 g/mol. The van der Waals surface area contributed by atoms with Crippen LogP contribution in [0.1, 0.15) is 49.4 Å². The Morgan fingerprint density at radius 3 is 2.83 bits per heavy atom. The molecule has 2 unspecified atom stereocenters. The van der Waals surface area contributed by atoms with Crippen LogP contribution in [-0.4, -0.2) is 9.78 Å². The third-order valence-corrected chi connectivity index (χ3v) is 3.43. The van der Waals surface area contributed by atoms with Gasteiger partial charge < -0.3 is 10.2 Å². The first-order valence-corrected chi connectivity index (χ1v) is 6.45. The predicted octanol–water partition coefficient (Wildman–Crippen LogP) is 3.00. The Labute approximate surface area is 108 Å². The van der Waals surface area contributed by atoms with Gasteiger partial charge in [-0.15, -0.1) is 0 Å². The van der Waals surface area contributed by atoms with E-state index in [1.807, 2.05) is 29.9 Å². The molecule has 98 valence electrons. The summed E-state index contributed by atoms with van der Waals surface area (Å²) in [5, 5.41) is 4.57. The molecule has 0 saturated heterocycles. The first kappa shape index (κ1) is 12.9. The molecule has 2 atom stereocenters. The number of hydrogen-bond acceptors (Lipinski definition) is 3. The fraction of sp³-hybridized carbons (Fsp3) is 0.500. The Morgan fingerprint density at radius 2 is 2.22 bits per heavy atom. The molecule has 0 aromatic carbocycles. The lowest BCUT2D eigenvalue weighted by Crippen LogP contribution is -2.14. The average Bonchev–Trinajstić information content (AvgIpc) is 2.97. The van der Waals surface area contributed by atoms with E-state index in [9.17, 15) is 0 Å². The van der Waals surface area contributed by atoms with Gasteiger partial charge in [-0.25, -0.2) is 0 Å². The first-order chi connectivity index (χ1) is 8.61. The predicted molar refractivity (Wildman–Crippen MR) is 71.3 cm³/mol. The molecule has 0 bridgehead atoms. The van der Waals surface area contributed by atoms with Crippen LogP contribution in [0.15, 0.2) is 29.0 Å². The van der Waals surface area contributed by atoms with Gasteiger partial charge in [-0.1, -0.05) is 6.92 Å². The lowest BCUT2D eigenvalue weighted by molar-refractivity contribution is 0.471. The molecule has 0 aliphatic carbocycles. The molecule has 4 heteroatoms. The van der Waals surface area contributed by atoms with Crippen LogP contribution in [0, 0.1) is 6.92 Å². The van der Waals surface area contributed by atoms with Crippen LogP contribution in [0.2, 0.25) is 0 Å². The molecule has 0 aliphatic heterocycles. The summed E-state index contributed by atoms with van der Waals surface area (Å²) < 4.78 is 7.28. The topological polar surface area (TPSA) is 57.0 Å². The van der Waals surface area contributed by atoms with Gasteiger partial charge in [0, 0.05) is 30.3 Å². The maximum absolute atomic E-state index is 6.18. The van der Waals surface area contributed by atoms with Crippen LogP contribution in [0.4, 0.5) is 0 Å². The Morgan fingerprint density at radius 1 is 1.44 bits per heavy atom. The molecule has 2 rings (SSSR count). The number of nitrogens with zero attached hydrogens (tertiary/aromatic N) is 2. The van der Waals surface area contributed by atoms with Crippen molar-refractivity contribution < 1.29 is 4.42 Å². The molecule has 0 aliphatic rings. The summed E-state index contributed by atoms with van der Waals surface area (Å²) in [7, 11) is 0. The van der Waals surface area contributed by atoms with Crippen molar-refractivity contribution in [3.63, 3.8) is 0 Å². The van der Waals surface area contributed by atoms with Gasteiger partial charge in [0.15, 0.2) is 0 Å². The van der Waals surface area contributed by atoms with Crippen LogP contribution < -0.4 is 5.73 Å². The lowest BCUT2D eigenvalue weighted by atomic mass is 10.0. The highest BCUT2D eigenvalue weighted by atomic mass is 16.3. The van der Waals surface area contributed by atoms with Gasteiger partial charge in [0.2, 0.25) is 0 Å². The van der Waals surface area contributed by atoms with Gasteiger partial charge in [-0.2, -0.15) is 5.10 Å². The summed E-state index contributed by atoms with van der Waals surface area (Å²) in [5.41, 5.74) is 8.27. The zero-order valence-electron chi connectivity index (χ0n) is 11.3. The number of nitrogens with two attached hydrogens (primary N) is 1. The Kier molecular flexibility index (Phi) is 3.87. The van der Waals surface area contributed by atoms with E-state index in [0.29, 0.717) is 6.04 Å². The fourth-order valence-corrected chi connectivity index (χ4v) is 2.03. The molecule has 2 N–H and O–H groups in total. The highest BCUT2D eigenvalue weighted by Gasteiger charge is 2.14. The minimum atomic E-state index is -0.0518. The number of furan rings is 1. The summed E-state index contributed by atoms with van der Waals surface area (Å²) in [6.07, 6.45) is 5.53. The van der Waals surface area contributed by atoms with E-state index in [1.165, 1.54) is 0 Å².